The molecule has 1 fully saturated rings. The third-order valence-corrected chi connectivity index (χ3v) is 19.2. The fourth-order valence-corrected chi connectivity index (χ4v) is 20.8. The SMILES string of the molecule is CCCCC1[C]([Zr+2]2([C]3=Cc4ccccc4C3CCCC)[CH2][CH2]2)=Cc2ccccc21.[Cl-].[Cl-]. The topological polar surface area (TPSA) is 0 Å². The molecule has 5 rings (SSSR count). The normalized spacial score (nSPS) is 20.8. The number of unbranched alkanes of at least 4 members (excludes halogenated alkanes) is 2. The molecule has 0 N–H and O–H groups in total. The first-order valence-electron chi connectivity index (χ1n) is 11.9. The Morgan fingerprint density at radius 1 is 0.677 bits per heavy atom. The average molecular weight is 533 g/mol. The van der Waals surface area contributed by atoms with Gasteiger partial charge in [-0.15, -0.1) is 0 Å². The second-order valence-corrected chi connectivity index (χ2v) is 20.0. The minimum absolute atomic E-state index is 0. The summed E-state index contributed by atoms with van der Waals surface area (Å²) in [5.74, 6) is 1.45. The largest absolute Gasteiger partial charge is 1.00 e. The van der Waals surface area contributed by atoms with Gasteiger partial charge in [-0.05, 0) is 0 Å². The van der Waals surface area contributed by atoms with Gasteiger partial charge in [0.15, 0.2) is 0 Å². The van der Waals surface area contributed by atoms with E-state index in [-0.39, 0.29) is 24.8 Å². The van der Waals surface area contributed by atoms with Crippen LogP contribution in [0.3, 0.4) is 0 Å². The molecule has 2 aromatic carbocycles. The number of benzene rings is 2. The monoisotopic (exact) mass is 530 g/mol. The van der Waals surface area contributed by atoms with Crippen molar-refractivity contribution in [3.8, 4) is 0 Å². The second kappa shape index (κ2) is 10.5. The molecule has 0 saturated carbocycles. The summed E-state index contributed by atoms with van der Waals surface area (Å²) >= 11 is -2.42. The molecule has 0 aromatic heterocycles. The van der Waals surface area contributed by atoms with Crippen LogP contribution in [0.4, 0.5) is 0 Å². The zero-order valence-electron chi connectivity index (χ0n) is 18.8. The smallest absolute Gasteiger partial charge is 1.00 e. The standard InChI is InChI=1S/2C13H15.C2H4.2ClH.Zr/c2*1-2-3-6-11-9-10-12-7-4-5-8-13(11)12;1-2;;;/h2*4-5,7-8,10-11H,2-3,6H2,1H3;1-2H2;2*1H;/q;;;;;+2/p-2. The van der Waals surface area contributed by atoms with Crippen LogP contribution < -0.4 is 24.8 Å². The van der Waals surface area contributed by atoms with Crippen LogP contribution in [0, 0.1) is 0 Å². The first-order chi connectivity index (χ1) is 14.3. The number of hydrogen-bond donors (Lipinski definition) is 0. The van der Waals surface area contributed by atoms with Crippen LogP contribution in [0.15, 0.2) is 55.1 Å². The number of hydrogen-bond acceptors (Lipinski definition) is 0. The summed E-state index contributed by atoms with van der Waals surface area (Å²) in [5, 5.41) is 0. The van der Waals surface area contributed by atoms with Gasteiger partial charge in [-0.25, -0.2) is 0 Å². The Morgan fingerprint density at radius 3 is 1.48 bits per heavy atom. The van der Waals surface area contributed by atoms with E-state index in [1.807, 2.05) is 6.56 Å². The van der Waals surface area contributed by atoms with Gasteiger partial charge in [-0.3, -0.25) is 0 Å². The molecule has 0 bridgehead atoms. The number of halogens is 2. The molecule has 3 heteroatoms. The molecule has 164 valence electrons. The van der Waals surface area contributed by atoms with Crippen molar-refractivity contribution >= 4 is 12.2 Å². The fourth-order valence-electron chi connectivity index (χ4n) is 6.04. The number of rotatable bonds is 8. The van der Waals surface area contributed by atoms with Gasteiger partial charge in [0.1, 0.15) is 0 Å². The third kappa shape index (κ3) is 4.45. The van der Waals surface area contributed by atoms with Crippen LogP contribution in [0.2, 0.25) is 8.26 Å². The molecule has 0 nitrogen and oxygen atoms in total. The van der Waals surface area contributed by atoms with Crippen molar-refractivity contribution in [2.45, 2.75) is 72.5 Å². The van der Waals surface area contributed by atoms with E-state index in [1.165, 1.54) is 49.7 Å². The summed E-state index contributed by atoms with van der Waals surface area (Å²) in [6, 6.07) is 18.6. The predicted octanol–water partition coefficient (Wildman–Crippen LogP) is 2.66. The first kappa shape index (κ1) is 25.0. The average Bonchev–Trinajstić information content (AvgIpc) is 3.34. The minimum Gasteiger partial charge on any atom is -1.00 e. The van der Waals surface area contributed by atoms with Gasteiger partial charge in [0.25, 0.3) is 0 Å². The molecule has 2 atom stereocenters. The molecule has 2 aromatic rings. The van der Waals surface area contributed by atoms with Crippen LogP contribution in [0.1, 0.15) is 86.5 Å². The first-order valence-corrected chi connectivity index (χ1v) is 17.8. The van der Waals surface area contributed by atoms with Gasteiger partial charge in [-0.2, -0.15) is 0 Å². The van der Waals surface area contributed by atoms with Crippen LogP contribution in [0.5, 0.6) is 0 Å². The van der Waals surface area contributed by atoms with Crippen LogP contribution >= 0.6 is 0 Å². The molecule has 1 heterocycles. The van der Waals surface area contributed by atoms with Crippen LogP contribution in [-0.2, 0) is 20.3 Å². The van der Waals surface area contributed by atoms with E-state index in [9.17, 15) is 0 Å². The van der Waals surface area contributed by atoms with Gasteiger partial charge < -0.3 is 24.8 Å². The predicted molar refractivity (Wildman–Crippen MR) is 123 cm³/mol. The summed E-state index contributed by atoms with van der Waals surface area (Å²) in [7, 11) is 0. The molecule has 3 aliphatic rings. The summed E-state index contributed by atoms with van der Waals surface area (Å²) in [6.07, 6.45) is 13.4. The fraction of sp³-hybridized carbons (Fsp3) is 0.429. The van der Waals surface area contributed by atoms with E-state index in [1.54, 1.807) is 19.4 Å². The molecular weight excluding hydrogens is 498 g/mol. The minimum atomic E-state index is -2.42. The van der Waals surface area contributed by atoms with Crippen molar-refractivity contribution in [2.75, 3.05) is 0 Å². The second-order valence-electron chi connectivity index (χ2n) is 9.43. The van der Waals surface area contributed by atoms with Crippen molar-refractivity contribution in [2.24, 2.45) is 0 Å². The van der Waals surface area contributed by atoms with Crippen molar-refractivity contribution in [1.29, 1.82) is 0 Å². The van der Waals surface area contributed by atoms with E-state index in [2.05, 4.69) is 74.5 Å². The number of fused-ring (bicyclic) bond motifs is 2. The summed E-state index contributed by atoms with van der Waals surface area (Å²) in [5.41, 5.74) is 6.35. The van der Waals surface area contributed by atoms with Gasteiger partial charge in [-0.1, -0.05) is 0 Å². The molecule has 2 unspecified atom stereocenters. The van der Waals surface area contributed by atoms with Crippen molar-refractivity contribution in [3.63, 3.8) is 0 Å². The molecule has 1 saturated heterocycles. The Labute approximate surface area is 205 Å². The van der Waals surface area contributed by atoms with E-state index >= 15 is 0 Å². The zero-order chi connectivity index (χ0) is 19.8. The Morgan fingerprint density at radius 2 is 1.10 bits per heavy atom. The van der Waals surface area contributed by atoms with E-state index in [4.69, 9.17) is 0 Å². The molecular formula is C28H34Cl2Zr. The maximum atomic E-state index is 2.68. The van der Waals surface area contributed by atoms with Gasteiger partial charge >= 0.3 is 182 Å². The Hall–Kier alpha value is -0.617. The third-order valence-electron chi connectivity index (χ3n) is 7.66. The van der Waals surface area contributed by atoms with Crippen molar-refractivity contribution in [1.82, 2.24) is 0 Å². The zero-order valence-corrected chi connectivity index (χ0v) is 22.8. The summed E-state index contributed by atoms with van der Waals surface area (Å²) in [6.45, 7) is 4.69. The molecule has 31 heavy (non-hydrogen) atoms. The van der Waals surface area contributed by atoms with Gasteiger partial charge in [0, 0.05) is 0 Å². The molecule has 0 radical (unpaired) electrons. The Bertz CT molecular complexity index is 895. The molecule has 0 amide bonds. The van der Waals surface area contributed by atoms with E-state index in [0.29, 0.717) is 0 Å². The number of allylic oxidation sites excluding steroid dienone is 2. The van der Waals surface area contributed by atoms with E-state index in [0.717, 1.165) is 11.8 Å². The van der Waals surface area contributed by atoms with Gasteiger partial charge in [0.2, 0.25) is 0 Å². The maximum Gasteiger partial charge on any atom is -1.00 e. The Balaban J connectivity index is 0.00000136. The van der Waals surface area contributed by atoms with Crippen molar-refractivity contribution < 1.29 is 45.1 Å². The van der Waals surface area contributed by atoms with Gasteiger partial charge in [0.05, 0.1) is 0 Å². The van der Waals surface area contributed by atoms with E-state index < -0.39 is 20.3 Å². The Kier molecular flexibility index (Phi) is 8.51. The molecule has 2 aliphatic carbocycles. The van der Waals surface area contributed by atoms with Crippen LogP contribution in [-0.4, -0.2) is 0 Å². The summed E-state index contributed by atoms with van der Waals surface area (Å²) < 4.78 is 7.02. The molecule has 1 aliphatic heterocycles. The van der Waals surface area contributed by atoms with Crippen molar-refractivity contribution in [3.05, 3.63) is 77.3 Å². The maximum absolute atomic E-state index is 2.68. The quantitative estimate of drug-likeness (QED) is 0.491. The van der Waals surface area contributed by atoms with Crippen LogP contribution in [0.25, 0.3) is 12.2 Å². The molecule has 0 spiro atoms. The summed E-state index contributed by atoms with van der Waals surface area (Å²) in [4.78, 5) is 0.